The molecule has 2 rings (SSSR count). The molecule has 6 nitrogen and oxygen atoms in total. The van der Waals surface area contributed by atoms with E-state index in [0.29, 0.717) is 32.2 Å². The molecule has 1 aromatic rings. The van der Waals surface area contributed by atoms with Crippen molar-refractivity contribution in [3.05, 3.63) is 29.8 Å². The molecule has 0 aliphatic carbocycles. The van der Waals surface area contributed by atoms with E-state index in [0.717, 1.165) is 25.0 Å². The number of hydrogen-bond acceptors (Lipinski definition) is 3. The average molecular weight is 376 g/mol. The third-order valence-electron chi connectivity index (χ3n) is 4.74. The predicted molar refractivity (Wildman–Crippen MR) is 107 cm³/mol. The predicted octanol–water partition coefficient (Wildman–Crippen LogP) is 2.77. The number of rotatable bonds is 7. The van der Waals surface area contributed by atoms with Crippen LogP contribution in [0.25, 0.3) is 0 Å². The molecule has 0 unspecified atom stereocenters. The fourth-order valence-electron chi connectivity index (χ4n) is 3.11. The number of nitrogens with zero attached hydrogens (tertiary/aromatic N) is 2. The SMILES string of the molecule is CC(C)COc1ccc(CCNC(=O)C2CCN(C(=O)N(C)C)CC2)cc1. The molecule has 27 heavy (non-hydrogen) atoms. The lowest BCUT2D eigenvalue weighted by atomic mass is 9.96. The minimum atomic E-state index is 0.00280. The van der Waals surface area contributed by atoms with Crippen molar-refractivity contribution in [3.63, 3.8) is 0 Å². The van der Waals surface area contributed by atoms with Crippen molar-refractivity contribution in [3.8, 4) is 5.75 Å². The number of piperidine rings is 1. The van der Waals surface area contributed by atoms with Gasteiger partial charge in [-0.25, -0.2) is 4.79 Å². The summed E-state index contributed by atoms with van der Waals surface area (Å²) in [5, 5.41) is 3.04. The van der Waals surface area contributed by atoms with Gasteiger partial charge in [0.2, 0.25) is 5.91 Å². The van der Waals surface area contributed by atoms with Crippen LogP contribution in [0.3, 0.4) is 0 Å². The van der Waals surface area contributed by atoms with Gasteiger partial charge in [0.25, 0.3) is 0 Å². The molecule has 0 aromatic heterocycles. The van der Waals surface area contributed by atoms with Crippen LogP contribution in [0, 0.1) is 11.8 Å². The van der Waals surface area contributed by atoms with Crippen LogP contribution in [0.5, 0.6) is 5.75 Å². The van der Waals surface area contributed by atoms with Crippen molar-refractivity contribution in [2.24, 2.45) is 11.8 Å². The molecule has 0 spiro atoms. The zero-order valence-electron chi connectivity index (χ0n) is 17.0. The lowest BCUT2D eigenvalue weighted by Crippen LogP contribution is -2.46. The Balaban J connectivity index is 1.68. The number of hydrogen-bond donors (Lipinski definition) is 1. The van der Waals surface area contributed by atoms with E-state index in [1.165, 1.54) is 5.56 Å². The molecule has 0 radical (unpaired) electrons. The Morgan fingerprint density at radius 1 is 1.19 bits per heavy atom. The molecule has 0 bridgehead atoms. The lowest BCUT2D eigenvalue weighted by molar-refractivity contribution is -0.126. The molecule has 150 valence electrons. The van der Waals surface area contributed by atoms with Crippen LogP contribution >= 0.6 is 0 Å². The van der Waals surface area contributed by atoms with Gasteiger partial charge in [-0.15, -0.1) is 0 Å². The van der Waals surface area contributed by atoms with E-state index in [-0.39, 0.29) is 17.9 Å². The third kappa shape index (κ3) is 6.77. The van der Waals surface area contributed by atoms with E-state index in [2.05, 4.69) is 19.2 Å². The van der Waals surface area contributed by atoms with Crippen LogP contribution in [-0.2, 0) is 11.2 Å². The smallest absolute Gasteiger partial charge is 0.319 e. The fourth-order valence-corrected chi connectivity index (χ4v) is 3.11. The maximum atomic E-state index is 12.4. The number of urea groups is 1. The molecular weight excluding hydrogens is 342 g/mol. The van der Waals surface area contributed by atoms with Crippen LogP contribution < -0.4 is 10.1 Å². The normalized spacial score (nSPS) is 14.9. The molecule has 1 N–H and O–H groups in total. The van der Waals surface area contributed by atoms with Crippen LogP contribution in [0.2, 0.25) is 0 Å². The van der Waals surface area contributed by atoms with Gasteiger partial charge in [-0.3, -0.25) is 4.79 Å². The third-order valence-corrected chi connectivity index (χ3v) is 4.74. The number of nitrogens with one attached hydrogen (secondary N) is 1. The Bertz CT molecular complexity index is 606. The first-order valence-corrected chi connectivity index (χ1v) is 9.82. The summed E-state index contributed by atoms with van der Waals surface area (Å²) in [6, 6.07) is 8.09. The number of amides is 3. The van der Waals surface area contributed by atoms with Gasteiger partial charge in [0.1, 0.15) is 5.75 Å². The maximum absolute atomic E-state index is 12.4. The van der Waals surface area contributed by atoms with Crippen molar-refractivity contribution in [1.29, 1.82) is 0 Å². The molecule has 1 aliphatic heterocycles. The van der Waals surface area contributed by atoms with E-state index >= 15 is 0 Å². The average Bonchev–Trinajstić information content (AvgIpc) is 2.66. The van der Waals surface area contributed by atoms with Gasteiger partial charge in [-0.2, -0.15) is 0 Å². The summed E-state index contributed by atoms with van der Waals surface area (Å²) < 4.78 is 5.68. The Hall–Kier alpha value is -2.24. The van der Waals surface area contributed by atoms with Gasteiger partial charge < -0.3 is 19.9 Å². The van der Waals surface area contributed by atoms with Crippen LogP contribution in [-0.4, -0.2) is 62.1 Å². The van der Waals surface area contributed by atoms with Crippen LogP contribution in [0.4, 0.5) is 4.79 Å². The van der Waals surface area contributed by atoms with Crippen LogP contribution in [0.15, 0.2) is 24.3 Å². The van der Waals surface area contributed by atoms with Gasteiger partial charge >= 0.3 is 6.03 Å². The first-order chi connectivity index (χ1) is 12.9. The highest BCUT2D eigenvalue weighted by Crippen LogP contribution is 2.18. The molecule has 6 heteroatoms. The Morgan fingerprint density at radius 2 is 1.81 bits per heavy atom. The molecular formula is C21H33N3O3. The first-order valence-electron chi connectivity index (χ1n) is 9.82. The summed E-state index contributed by atoms with van der Waals surface area (Å²) in [5.41, 5.74) is 1.18. The van der Waals surface area contributed by atoms with E-state index in [9.17, 15) is 9.59 Å². The molecule has 1 fully saturated rings. The second kappa shape index (κ2) is 10.2. The van der Waals surface area contributed by atoms with Gasteiger partial charge in [-0.1, -0.05) is 26.0 Å². The number of benzene rings is 1. The summed E-state index contributed by atoms with van der Waals surface area (Å²) in [4.78, 5) is 27.7. The summed E-state index contributed by atoms with van der Waals surface area (Å²) in [5.74, 6) is 1.50. The van der Waals surface area contributed by atoms with Crippen molar-refractivity contribution in [1.82, 2.24) is 15.1 Å². The minimum Gasteiger partial charge on any atom is -0.493 e. The second-order valence-corrected chi connectivity index (χ2v) is 7.83. The van der Waals surface area contributed by atoms with Crippen molar-refractivity contribution in [2.75, 3.05) is 40.3 Å². The summed E-state index contributed by atoms with van der Waals surface area (Å²) >= 11 is 0. The summed E-state index contributed by atoms with van der Waals surface area (Å²) in [6.45, 7) is 6.89. The first kappa shape index (κ1) is 21.1. The number of carbonyl (C=O) groups is 2. The molecule has 0 saturated carbocycles. The Kier molecular flexibility index (Phi) is 7.95. The van der Waals surface area contributed by atoms with Crippen molar-refractivity contribution in [2.45, 2.75) is 33.1 Å². The van der Waals surface area contributed by atoms with E-state index in [1.54, 1.807) is 19.0 Å². The highest BCUT2D eigenvalue weighted by atomic mass is 16.5. The number of ether oxygens (including phenoxy) is 1. The molecule has 3 amide bonds. The van der Waals surface area contributed by atoms with Crippen molar-refractivity contribution >= 4 is 11.9 Å². The van der Waals surface area contributed by atoms with E-state index in [4.69, 9.17) is 4.74 Å². The summed E-state index contributed by atoms with van der Waals surface area (Å²) in [6.07, 6.45) is 2.26. The quantitative estimate of drug-likeness (QED) is 0.797. The lowest BCUT2D eigenvalue weighted by Gasteiger charge is -2.33. The zero-order chi connectivity index (χ0) is 19.8. The topological polar surface area (TPSA) is 61.9 Å². The van der Waals surface area contributed by atoms with Crippen molar-refractivity contribution < 1.29 is 14.3 Å². The molecule has 0 atom stereocenters. The van der Waals surface area contributed by atoms with E-state index < -0.39 is 0 Å². The Labute approximate surface area is 162 Å². The standard InChI is InChI=1S/C21H33N3O3/c1-16(2)15-27-19-7-5-17(6-8-19)9-12-22-20(25)18-10-13-24(14-11-18)21(26)23(3)4/h5-8,16,18H,9-15H2,1-4H3,(H,22,25). The number of likely N-dealkylation sites (tertiary alicyclic amines) is 1. The molecule has 1 aliphatic rings. The zero-order valence-corrected chi connectivity index (χ0v) is 17.0. The number of carbonyl (C=O) groups excluding carboxylic acids is 2. The van der Waals surface area contributed by atoms with Gasteiger partial charge in [0, 0.05) is 39.6 Å². The molecule has 1 saturated heterocycles. The Morgan fingerprint density at radius 3 is 2.37 bits per heavy atom. The monoisotopic (exact) mass is 375 g/mol. The molecule has 1 aromatic carbocycles. The highest BCUT2D eigenvalue weighted by molar-refractivity contribution is 5.79. The summed E-state index contributed by atoms with van der Waals surface area (Å²) in [7, 11) is 3.51. The second-order valence-electron chi connectivity index (χ2n) is 7.83. The van der Waals surface area contributed by atoms with Gasteiger partial charge in [0.05, 0.1) is 6.61 Å². The van der Waals surface area contributed by atoms with Gasteiger partial charge in [0.15, 0.2) is 0 Å². The molecule has 1 heterocycles. The largest absolute Gasteiger partial charge is 0.493 e. The highest BCUT2D eigenvalue weighted by Gasteiger charge is 2.27. The minimum absolute atomic E-state index is 0.00280. The maximum Gasteiger partial charge on any atom is 0.319 e. The van der Waals surface area contributed by atoms with Crippen LogP contribution in [0.1, 0.15) is 32.3 Å². The fraction of sp³-hybridized carbons (Fsp3) is 0.619. The van der Waals surface area contributed by atoms with E-state index in [1.807, 2.05) is 29.2 Å². The van der Waals surface area contributed by atoms with Gasteiger partial charge in [-0.05, 0) is 42.9 Å².